The van der Waals surface area contributed by atoms with Gasteiger partial charge in [-0.2, -0.15) is 0 Å². The van der Waals surface area contributed by atoms with Crippen LogP contribution in [0.1, 0.15) is 6.92 Å². The Morgan fingerprint density at radius 2 is 1.38 bits per heavy atom. The number of nitrogens with zero attached hydrogens (tertiary/aromatic N) is 2. The third-order valence-electron chi connectivity index (χ3n) is 4.18. The average molecular weight is 571 g/mol. The summed E-state index contributed by atoms with van der Waals surface area (Å²) in [5.41, 5.74) is 12.9. The van der Waals surface area contributed by atoms with Crippen LogP contribution in [0.5, 0.6) is 5.75 Å². The molecule has 0 unspecified atom stereocenters. The maximum Gasteiger partial charge on any atom is 1.00 e. The van der Waals surface area contributed by atoms with E-state index in [0.29, 0.717) is 42.5 Å². The van der Waals surface area contributed by atoms with E-state index >= 15 is 0 Å². The third kappa shape index (κ3) is 17.4. The van der Waals surface area contributed by atoms with E-state index in [9.17, 15) is 29.9 Å². The fourth-order valence-electron chi connectivity index (χ4n) is 2.67. The van der Waals surface area contributed by atoms with E-state index in [4.69, 9.17) is 25.7 Å². The SMILES string of the molecule is CCOc1cc(N)ccc1N(CCOCC(=O)[O-])CCOCC(=O)[O-].Nc1ccc([N+](=O)[O-])cc1.[K+].[K+]. The number of carbonyl (C=O) groups excluding carboxylic acids is 2. The molecule has 37 heavy (non-hydrogen) atoms. The van der Waals surface area contributed by atoms with E-state index in [-0.39, 0.29) is 122 Å². The van der Waals surface area contributed by atoms with Crippen molar-refractivity contribution in [1.29, 1.82) is 0 Å². The molecule has 2 aromatic carbocycles. The number of ether oxygens (including phenoxy) is 3. The molecule has 2 rings (SSSR count). The number of rotatable bonds is 14. The Balaban J connectivity index is 0. The van der Waals surface area contributed by atoms with Crippen molar-refractivity contribution in [2.75, 3.05) is 62.5 Å². The van der Waals surface area contributed by atoms with Crippen molar-refractivity contribution in [1.82, 2.24) is 0 Å². The molecule has 0 aromatic heterocycles. The molecule has 0 radical (unpaired) electrons. The van der Waals surface area contributed by atoms with Crippen molar-refractivity contribution in [3.05, 3.63) is 52.6 Å². The normalized spacial score (nSPS) is 9.54. The molecular weight excluding hydrogens is 542 g/mol. The quantitative estimate of drug-likeness (QED) is 0.0714. The van der Waals surface area contributed by atoms with Crippen LogP contribution in [-0.2, 0) is 19.1 Å². The molecule has 0 aliphatic heterocycles. The van der Waals surface area contributed by atoms with E-state index < -0.39 is 30.1 Å². The summed E-state index contributed by atoms with van der Waals surface area (Å²) in [5.74, 6) is -2.04. The number of carbonyl (C=O) groups is 2. The summed E-state index contributed by atoms with van der Waals surface area (Å²) in [5, 5.41) is 30.9. The molecule has 0 saturated carbocycles. The van der Waals surface area contributed by atoms with Crippen LogP contribution in [0.25, 0.3) is 0 Å². The second-order valence-corrected chi connectivity index (χ2v) is 6.85. The number of benzene rings is 2. The van der Waals surface area contributed by atoms with Crippen LogP contribution in [0.15, 0.2) is 42.5 Å². The van der Waals surface area contributed by atoms with Crippen molar-refractivity contribution in [3.63, 3.8) is 0 Å². The number of carboxylic acids is 2. The molecule has 0 atom stereocenters. The smallest absolute Gasteiger partial charge is 0.548 e. The Kier molecular flexibility index (Phi) is 22.8. The van der Waals surface area contributed by atoms with Gasteiger partial charge in [0.1, 0.15) is 5.75 Å². The Labute approximate surface area is 299 Å². The summed E-state index contributed by atoms with van der Waals surface area (Å²) in [6.45, 7) is 2.20. The number of nitro groups is 1. The van der Waals surface area contributed by atoms with Gasteiger partial charge >= 0.3 is 103 Å². The first-order chi connectivity index (χ1) is 16.6. The zero-order valence-electron chi connectivity index (χ0n) is 21.2. The molecule has 0 saturated heterocycles. The van der Waals surface area contributed by atoms with Gasteiger partial charge in [-0.05, 0) is 31.2 Å². The van der Waals surface area contributed by atoms with E-state index in [2.05, 4.69) is 0 Å². The predicted octanol–water partition coefficient (Wildman–Crippen LogP) is -6.81. The van der Waals surface area contributed by atoms with Gasteiger partial charge in [0.05, 0.1) is 55.6 Å². The van der Waals surface area contributed by atoms with Gasteiger partial charge in [-0.15, -0.1) is 0 Å². The largest absolute Gasteiger partial charge is 1.00 e. The maximum absolute atomic E-state index is 10.4. The number of nitrogens with two attached hydrogens (primary N) is 2. The number of nitrogen functional groups attached to an aromatic ring is 2. The molecule has 13 nitrogen and oxygen atoms in total. The van der Waals surface area contributed by atoms with Gasteiger partial charge in [-0.3, -0.25) is 10.1 Å². The number of non-ortho nitro benzene ring substituents is 1. The van der Waals surface area contributed by atoms with E-state index in [1.807, 2.05) is 11.8 Å². The number of carboxylic acid groups (broad SMARTS) is 2. The molecule has 4 N–H and O–H groups in total. The molecule has 0 aliphatic carbocycles. The molecule has 0 aliphatic rings. The van der Waals surface area contributed by atoms with Crippen LogP contribution >= 0.6 is 0 Å². The minimum Gasteiger partial charge on any atom is -0.548 e. The van der Waals surface area contributed by atoms with Crippen molar-refractivity contribution >= 4 is 34.7 Å². The zero-order valence-corrected chi connectivity index (χ0v) is 27.5. The minimum atomic E-state index is -1.30. The molecular formula is C22H28K2N4O9. The number of aliphatic carboxylic acids is 2. The summed E-state index contributed by atoms with van der Waals surface area (Å²) in [4.78, 5) is 32.2. The van der Waals surface area contributed by atoms with Gasteiger partial charge in [0.15, 0.2) is 0 Å². The van der Waals surface area contributed by atoms with Crippen LogP contribution in [-0.4, -0.2) is 63.0 Å². The number of hydrogen-bond donors (Lipinski definition) is 2. The molecule has 0 amide bonds. The van der Waals surface area contributed by atoms with Crippen molar-refractivity contribution < 1.29 is 142 Å². The second-order valence-electron chi connectivity index (χ2n) is 6.85. The monoisotopic (exact) mass is 570 g/mol. The van der Waals surface area contributed by atoms with Gasteiger partial charge in [-0.25, -0.2) is 0 Å². The number of anilines is 3. The first-order valence-electron chi connectivity index (χ1n) is 10.5. The summed E-state index contributed by atoms with van der Waals surface area (Å²) in [7, 11) is 0. The van der Waals surface area contributed by atoms with Crippen LogP contribution in [0.2, 0.25) is 0 Å². The average Bonchev–Trinajstić information content (AvgIpc) is 2.79. The van der Waals surface area contributed by atoms with Crippen molar-refractivity contribution in [2.45, 2.75) is 6.92 Å². The summed E-state index contributed by atoms with van der Waals surface area (Å²) in [6, 6.07) is 10.9. The van der Waals surface area contributed by atoms with Crippen LogP contribution < -0.4 is 134 Å². The van der Waals surface area contributed by atoms with Crippen LogP contribution in [0, 0.1) is 10.1 Å². The van der Waals surface area contributed by atoms with Crippen LogP contribution in [0.3, 0.4) is 0 Å². The van der Waals surface area contributed by atoms with Gasteiger partial charge in [-0.1, -0.05) is 0 Å². The molecule has 192 valence electrons. The molecule has 15 heteroatoms. The number of hydrogen-bond acceptors (Lipinski definition) is 12. The molecule has 0 fully saturated rings. The zero-order chi connectivity index (χ0) is 26.2. The second kappa shape index (κ2) is 22.0. The minimum absolute atomic E-state index is 0. The summed E-state index contributed by atoms with van der Waals surface area (Å²) in [6.07, 6.45) is 0. The topological polar surface area (TPSA) is 206 Å². The standard InChI is InChI=1S/C16H24N2O7.C6H6N2O2.2K/c1-2-25-14-9-12(17)3-4-13(14)18(5-7-23-10-15(19)20)6-8-24-11-16(21)22;7-5-1-3-6(4-2-5)8(9)10;;/h3-4,9H,2,5-8,10-11,17H2,1H3,(H,19,20)(H,21,22);1-4H,7H2;;/q;;2*+1/p-2. The fraction of sp³-hybridized carbons (Fsp3) is 0.364. The first-order valence-corrected chi connectivity index (χ1v) is 10.5. The Bertz CT molecular complexity index is 944. The molecule has 0 spiro atoms. The first kappa shape index (κ1) is 38.3. The van der Waals surface area contributed by atoms with E-state index in [1.165, 1.54) is 24.3 Å². The Hall–Kier alpha value is -0.827. The van der Waals surface area contributed by atoms with Crippen molar-refractivity contribution in [2.24, 2.45) is 0 Å². The van der Waals surface area contributed by atoms with E-state index in [1.54, 1.807) is 18.2 Å². The summed E-state index contributed by atoms with van der Waals surface area (Å²) >= 11 is 0. The third-order valence-corrected chi connectivity index (χ3v) is 4.18. The van der Waals surface area contributed by atoms with Gasteiger partial charge < -0.3 is 50.4 Å². The predicted molar refractivity (Wildman–Crippen MR) is 123 cm³/mol. The Morgan fingerprint density at radius 1 is 0.892 bits per heavy atom. The van der Waals surface area contributed by atoms with Crippen LogP contribution in [0.4, 0.5) is 22.7 Å². The fourth-order valence-corrected chi connectivity index (χ4v) is 2.67. The summed E-state index contributed by atoms with van der Waals surface area (Å²) < 4.78 is 15.6. The molecule has 2 aromatic rings. The number of nitro benzene ring substituents is 1. The van der Waals surface area contributed by atoms with E-state index in [0.717, 1.165) is 0 Å². The maximum atomic E-state index is 10.4. The molecule has 0 heterocycles. The Morgan fingerprint density at radius 3 is 1.81 bits per heavy atom. The van der Waals surface area contributed by atoms with Gasteiger partial charge in [0.2, 0.25) is 0 Å². The van der Waals surface area contributed by atoms with Crippen molar-refractivity contribution in [3.8, 4) is 5.75 Å². The molecule has 0 bridgehead atoms. The van der Waals surface area contributed by atoms with Gasteiger partial charge in [0, 0.05) is 42.7 Å². The van der Waals surface area contributed by atoms with Gasteiger partial charge in [0.25, 0.3) is 5.69 Å².